The Morgan fingerprint density at radius 2 is 1.64 bits per heavy atom. The maximum atomic E-state index is 16.1. The Hall–Kier alpha value is -6.80. The van der Waals surface area contributed by atoms with Crippen LogP contribution in [0.1, 0.15) is 79.0 Å². The van der Waals surface area contributed by atoms with Crippen LogP contribution in [0.5, 0.6) is 0 Å². The molecule has 1 saturated carbocycles. The van der Waals surface area contributed by atoms with Crippen molar-refractivity contribution in [1.29, 1.82) is 0 Å². The molecule has 5 aliphatic heterocycles. The molecule has 3 N–H and O–H groups in total. The van der Waals surface area contributed by atoms with Crippen molar-refractivity contribution in [2.75, 3.05) is 68.0 Å². The summed E-state index contributed by atoms with van der Waals surface area (Å²) in [4.78, 5) is 68.5. The number of hydrogen-bond donors (Lipinski definition) is 3. The van der Waals surface area contributed by atoms with Gasteiger partial charge in [0, 0.05) is 88.9 Å². The lowest BCUT2D eigenvalue weighted by atomic mass is 9.78. The predicted molar refractivity (Wildman–Crippen MR) is 270 cm³/mol. The highest BCUT2D eigenvalue weighted by atomic mass is 19.3. The minimum Gasteiger partial charge on any atom is -0.385 e. The van der Waals surface area contributed by atoms with Gasteiger partial charge in [0.05, 0.1) is 47.2 Å². The van der Waals surface area contributed by atoms with Gasteiger partial charge in [-0.3, -0.25) is 43.6 Å². The van der Waals surface area contributed by atoms with E-state index in [9.17, 15) is 23.6 Å². The molecule has 9 heterocycles. The molecule has 4 atom stereocenters. The summed E-state index contributed by atoms with van der Waals surface area (Å²) in [5, 5.41) is 13.1. The van der Waals surface area contributed by atoms with Crippen LogP contribution in [0.15, 0.2) is 71.8 Å². The number of likely N-dealkylation sites (tertiary alicyclic amines) is 2. The van der Waals surface area contributed by atoms with Gasteiger partial charge in [0.25, 0.3) is 11.8 Å². The number of rotatable bonds is 11. The Morgan fingerprint density at radius 1 is 0.863 bits per heavy atom. The van der Waals surface area contributed by atoms with E-state index in [1.54, 1.807) is 24.9 Å². The van der Waals surface area contributed by atoms with Gasteiger partial charge in [0.15, 0.2) is 17.2 Å². The maximum Gasteiger partial charge on any atom is 0.329 e. The molecule has 2 unspecified atom stereocenters. The number of aryl methyl sites for hydroxylation is 1. The highest BCUT2D eigenvalue weighted by molar-refractivity contribution is 6.00. The fourth-order valence-electron chi connectivity index (χ4n) is 12.5. The molecule has 0 bridgehead atoms. The highest BCUT2D eigenvalue weighted by Crippen LogP contribution is 2.42. The lowest BCUT2D eigenvalue weighted by Gasteiger charge is -2.47. The zero-order chi connectivity index (χ0) is 50.3. The van der Waals surface area contributed by atoms with E-state index < -0.39 is 42.0 Å². The van der Waals surface area contributed by atoms with Gasteiger partial charge in [-0.2, -0.15) is 0 Å². The van der Waals surface area contributed by atoms with E-state index in [0.717, 1.165) is 84.5 Å². The van der Waals surface area contributed by atoms with E-state index in [4.69, 9.17) is 10.1 Å². The largest absolute Gasteiger partial charge is 0.385 e. The number of pyridine rings is 1. The quantitative estimate of drug-likeness (QED) is 0.133. The van der Waals surface area contributed by atoms with Gasteiger partial charge < -0.3 is 20.4 Å². The van der Waals surface area contributed by atoms with Gasteiger partial charge in [0.2, 0.25) is 11.8 Å². The third kappa shape index (κ3) is 8.68. The van der Waals surface area contributed by atoms with E-state index in [0.29, 0.717) is 86.5 Å². The van der Waals surface area contributed by atoms with Crippen LogP contribution in [0.2, 0.25) is 0 Å². The smallest absolute Gasteiger partial charge is 0.329 e. The number of piperidine rings is 4. The molecule has 6 aromatic rings. The van der Waals surface area contributed by atoms with Crippen LogP contribution in [-0.4, -0.2) is 133 Å². The second-order valence-corrected chi connectivity index (χ2v) is 21.0. The third-order valence-corrected chi connectivity index (χ3v) is 16.6. The van der Waals surface area contributed by atoms with E-state index in [1.165, 1.54) is 15.3 Å². The normalized spacial score (nSPS) is 24.1. The van der Waals surface area contributed by atoms with Crippen LogP contribution in [0.25, 0.3) is 27.9 Å². The zero-order valence-electron chi connectivity index (χ0n) is 41.1. The fraction of sp³-hybridized carbons (Fsp3) is 0.491. The van der Waals surface area contributed by atoms with E-state index in [-0.39, 0.29) is 30.3 Å². The van der Waals surface area contributed by atoms with Crippen molar-refractivity contribution in [2.45, 2.75) is 94.6 Å². The Morgan fingerprint density at radius 3 is 2.36 bits per heavy atom. The minimum absolute atomic E-state index is 0.194. The average molecular weight is 1000 g/mol. The van der Waals surface area contributed by atoms with Crippen molar-refractivity contribution in [3.8, 4) is 11.3 Å². The summed E-state index contributed by atoms with van der Waals surface area (Å²) in [7, 11) is 3.50. The van der Waals surface area contributed by atoms with Crippen LogP contribution >= 0.6 is 0 Å². The van der Waals surface area contributed by atoms with E-state index in [2.05, 4.69) is 41.7 Å². The molecule has 3 amide bonds. The summed E-state index contributed by atoms with van der Waals surface area (Å²) in [6.07, 6.45) is 8.06. The van der Waals surface area contributed by atoms with E-state index in [1.807, 2.05) is 53.4 Å². The van der Waals surface area contributed by atoms with Crippen LogP contribution in [0.4, 0.5) is 36.1 Å². The van der Waals surface area contributed by atoms with Crippen molar-refractivity contribution < 1.29 is 27.6 Å². The summed E-state index contributed by atoms with van der Waals surface area (Å²) in [5.74, 6) is -2.37. The van der Waals surface area contributed by atoms with Crippen molar-refractivity contribution in [3.63, 3.8) is 0 Å². The lowest BCUT2D eigenvalue weighted by molar-refractivity contribution is -0.136. The molecule has 12 rings (SSSR count). The van der Waals surface area contributed by atoms with Crippen molar-refractivity contribution in [2.24, 2.45) is 18.9 Å². The highest BCUT2D eigenvalue weighted by Gasteiger charge is 2.48. The molecule has 4 saturated heterocycles. The number of nitrogens with zero attached hydrogens (tertiary/aromatic N) is 10. The van der Waals surface area contributed by atoms with Crippen LogP contribution in [0.3, 0.4) is 0 Å². The van der Waals surface area contributed by atoms with Crippen molar-refractivity contribution in [3.05, 3.63) is 94.3 Å². The summed E-state index contributed by atoms with van der Waals surface area (Å²) in [6.45, 7) is 4.45. The Balaban J connectivity index is 0.638. The first-order valence-corrected chi connectivity index (χ1v) is 25.8. The number of carbonyl (C=O) groups is 3. The molecule has 4 aromatic heterocycles. The summed E-state index contributed by atoms with van der Waals surface area (Å²) in [6, 6.07) is 15.9. The number of aromatic nitrogens is 6. The first kappa shape index (κ1) is 47.2. The topological polar surface area (TPSA) is 170 Å². The third-order valence-electron chi connectivity index (χ3n) is 16.6. The fourth-order valence-corrected chi connectivity index (χ4v) is 12.5. The molecule has 382 valence electrons. The molecule has 6 aliphatic rings. The number of carbonyl (C=O) groups excluding carboxylic acids is 3. The van der Waals surface area contributed by atoms with E-state index >= 15 is 8.78 Å². The summed E-state index contributed by atoms with van der Waals surface area (Å²) in [5.41, 5.74) is 8.34. The number of anilines is 4. The second-order valence-electron chi connectivity index (χ2n) is 21.0. The van der Waals surface area contributed by atoms with Crippen LogP contribution in [0, 0.1) is 11.8 Å². The van der Waals surface area contributed by atoms with Gasteiger partial charge in [-0.05, 0) is 111 Å². The number of nitrogens with one attached hydrogen (secondary N) is 3. The second kappa shape index (κ2) is 18.6. The standard InChI is InChI=1S/C53H60F3N13O4/c1-57-40-26-47(62-69-45(28-59-49(40)69)51(72)60-39-25-37(39)54)67-23-16-36-35(4-3-5-41(36)67)38-8-6-31(27-58-38)29-64-18-17-46(53(55,56)30-64)66-21-14-33(15-22-66)32-12-19-65(20-13-32)34-7-9-42-44(24-34)63(2)52(73)68(42)43-10-11-48(70)61-50(43)71/h3-9,24,26-28,32-33,37,39,43,46,57H,10-23,25,29-30H2,1-2H3,(H,60,72)(H,61,70,71)/t37-,39+,43?,46?/m0/s1. The molecule has 1 aliphatic carbocycles. The number of alkyl halides is 3. The number of fused-ring (bicyclic) bond motifs is 3. The summed E-state index contributed by atoms with van der Waals surface area (Å²) < 4.78 is 50.4. The Labute approximate surface area is 419 Å². The number of hydrogen-bond acceptors (Lipinski definition) is 12. The number of halogens is 3. The minimum atomic E-state index is -2.84. The molecule has 5 fully saturated rings. The molecule has 20 heteroatoms. The molecular weight excluding hydrogens is 940 g/mol. The lowest BCUT2D eigenvalue weighted by Crippen LogP contribution is -2.59. The zero-order valence-corrected chi connectivity index (χ0v) is 41.1. The molecular formula is C53H60F3N13O4. The monoisotopic (exact) mass is 999 g/mol. The molecule has 0 spiro atoms. The molecule has 0 radical (unpaired) electrons. The average Bonchev–Trinajstić information content (AvgIpc) is 3.66. The number of benzene rings is 2. The first-order chi connectivity index (χ1) is 35.3. The van der Waals surface area contributed by atoms with Gasteiger partial charge in [-0.25, -0.2) is 27.5 Å². The molecule has 2 aromatic carbocycles. The number of amides is 3. The Kier molecular flexibility index (Phi) is 12.0. The Bertz CT molecular complexity index is 3190. The molecule has 17 nitrogen and oxygen atoms in total. The van der Waals surface area contributed by atoms with Gasteiger partial charge in [-0.1, -0.05) is 18.2 Å². The SMILES string of the molecule is CNc1cc(N2CCc3c(-c4ccc(CN5CCC(N6CCC(C7CCN(c8ccc9c(c8)n(C)c(=O)n9C8CCC(=O)NC8=O)CC7)CC6)C(F)(F)C5)cn4)cccc32)nn2c(C(=O)N[C@@H]3C[C@@H]3F)cnc12. The maximum absolute atomic E-state index is 16.1. The molecule has 73 heavy (non-hydrogen) atoms. The predicted octanol–water partition coefficient (Wildman–Crippen LogP) is 5.84. The van der Waals surface area contributed by atoms with Crippen molar-refractivity contribution in [1.82, 2.24) is 49.1 Å². The van der Waals surface area contributed by atoms with Gasteiger partial charge in [0.1, 0.15) is 12.2 Å². The summed E-state index contributed by atoms with van der Waals surface area (Å²) >= 11 is 0. The first-order valence-electron chi connectivity index (χ1n) is 25.8. The number of imidazole rings is 2. The van der Waals surface area contributed by atoms with Crippen LogP contribution < -0.4 is 31.4 Å². The van der Waals surface area contributed by atoms with Gasteiger partial charge >= 0.3 is 5.69 Å². The van der Waals surface area contributed by atoms with Crippen molar-refractivity contribution >= 4 is 57.3 Å². The van der Waals surface area contributed by atoms with Gasteiger partial charge in [-0.15, -0.1) is 5.10 Å². The van der Waals surface area contributed by atoms with Crippen LogP contribution in [-0.2, 0) is 29.6 Å². The number of imide groups is 1.